The summed E-state index contributed by atoms with van der Waals surface area (Å²) in [5.74, 6) is 0.0981. The molecular weight excluding hydrogens is 216 g/mol. The van der Waals surface area contributed by atoms with Gasteiger partial charge in [-0.3, -0.25) is 5.41 Å². The summed E-state index contributed by atoms with van der Waals surface area (Å²) >= 11 is 0. The summed E-state index contributed by atoms with van der Waals surface area (Å²) in [4.78, 5) is 11.8. The molecule has 96 valence electrons. The van der Waals surface area contributed by atoms with Crippen LogP contribution in [0.3, 0.4) is 0 Å². The minimum absolute atomic E-state index is 0.0981. The first-order valence-corrected chi connectivity index (χ1v) is 6.56. The lowest BCUT2D eigenvalue weighted by atomic mass is 9.81. The van der Waals surface area contributed by atoms with Crippen LogP contribution in [0.25, 0.3) is 0 Å². The molecule has 5 nitrogen and oxygen atoms in total. The Morgan fingerprint density at radius 1 is 1.18 bits per heavy atom. The minimum atomic E-state index is -0.591. The smallest absolute Gasteiger partial charge is 0.315 e. The third-order valence-electron chi connectivity index (χ3n) is 4.02. The van der Waals surface area contributed by atoms with Crippen LogP contribution in [-0.4, -0.2) is 23.4 Å². The van der Waals surface area contributed by atoms with Gasteiger partial charge in [0.25, 0.3) is 0 Å². The second-order valence-corrected chi connectivity index (χ2v) is 5.28. The van der Waals surface area contributed by atoms with Crippen LogP contribution in [0.5, 0.6) is 0 Å². The molecule has 0 aromatic heterocycles. The molecule has 2 rings (SSSR count). The minimum Gasteiger partial charge on any atom is -0.386 e. The summed E-state index contributed by atoms with van der Waals surface area (Å²) in [6.45, 7) is 0. The molecule has 0 aliphatic heterocycles. The van der Waals surface area contributed by atoms with Crippen LogP contribution in [-0.2, 0) is 0 Å². The van der Waals surface area contributed by atoms with Crippen molar-refractivity contribution in [1.82, 2.24) is 10.6 Å². The predicted octanol–water partition coefficient (Wildman–Crippen LogP) is 1.48. The summed E-state index contributed by atoms with van der Waals surface area (Å²) in [5, 5.41) is 13.6. The van der Waals surface area contributed by atoms with Crippen molar-refractivity contribution in [3.8, 4) is 0 Å². The summed E-state index contributed by atoms with van der Waals surface area (Å²) in [5.41, 5.74) is 5.08. The van der Waals surface area contributed by atoms with E-state index in [4.69, 9.17) is 11.1 Å². The normalized spacial score (nSPS) is 23.5. The van der Waals surface area contributed by atoms with Crippen molar-refractivity contribution in [2.75, 3.05) is 0 Å². The standard InChI is InChI=1S/C12H22N4O/c13-10(14)12(7-2-1-3-8-12)16-11(17)15-9-5-4-6-9/h9H,1-8H2,(H3,13,14)(H2,15,16,17). The lowest BCUT2D eigenvalue weighted by Gasteiger charge is -2.38. The van der Waals surface area contributed by atoms with Gasteiger partial charge in [0.05, 0.1) is 5.54 Å². The first-order chi connectivity index (χ1) is 8.12. The van der Waals surface area contributed by atoms with Gasteiger partial charge < -0.3 is 16.4 Å². The van der Waals surface area contributed by atoms with Crippen molar-refractivity contribution in [2.24, 2.45) is 5.73 Å². The molecule has 2 aliphatic rings. The Balaban J connectivity index is 1.91. The number of rotatable bonds is 3. The Labute approximate surface area is 102 Å². The molecule has 0 bridgehead atoms. The second kappa shape index (κ2) is 4.94. The third-order valence-corrected chi connectivity index (χ3v) is 4.02. The number of hydrogen-bond acceptors (Lipinski definition) is 2. The van der Waals surface area contributed by atoms with Gasteiger partial charge >= 0.3 is 6.03 Å². The van der Waals surface area contributed by atoms with E-state index in [-0.39, 0.29) is 11.9 Å². The molecule has 2 amide bonds. The van der Waals surface area contributed by atoms with Gasteiger partial charge in [-0.05, 0) is 32.1 Å². The number of amides is 2. The maximum Gasteiger partial charge on any atom is 0.315 e. The van der Waals surface area contributed by atoms with Crippen molar-refractivity contribution >= 4 is 11.9 Å². The van der Waals surface area contributed by atoms with Crippen molar-refractivity contribution in [1.29, 1.82) is 5.41 Å². The van der Waals surface area contributed by atoms with Crippen LogP contribution in [0.15, 0.2) is 0 Å². The van der Waals surface area contributed by atoms with E-state index in [1.54, 1.807) is 0 Å². The molecule has 0 aromatic carbocycles. The summed E-state index contributed by atoms with van der Waals surface area (Å²) in [7, 11) is 0. The maximum atomic E-state index is 11.8. The van der Waals surface area contributed by atoms with E-state index < -0.39 is 5.54 Å². The predicted molar refractivity (Wildman–Crippen MR) is 67.0 cm³/mol. The lowest BCUT2D eigenvalue weighted by molar-refractivity contribution is 0.213. The van der Waals surface area contributed by atoms with Crippen LogP contribution in [0.2, 0.25) is 0 Å². The number of carbonyl (C=O) groups excluding carboxylic acids is 1. The van der Waals surface area contributed by atoms with Gasteiger partial charge in [-0.2, -0.15) is 0 Å². The highest BCUT2D eigenvalue weighted by Gasteiger charge is 2.37. The van der Waals surface area contributed by atoms with Crippen molar-refractivity contribution in [3.63, 3.8) is 0 Å². The Morgan fingerprint density at radius 3 is 2.29 bits per heavy atom. The van der Waals surface area contributed by atoms with Gasteiger partial charge in [0.2, 0.25) is 0 Å². The average Bonchev–Trinajstić information content (AvgIpc) is 2.25. The second-order valence-electron chi connectivity index (χ2n) is 5.28. The van der Waals surface area contributed by atoms with E-state index in [9.17, 15) is 4.79 Å². The summed E-state index contributed by atoms with van der Waals surface area (Å²) in [6, 6.07) is 0.161. The largest absolute Gasteiger partial charge is 0.386 e. The average molecular weight is 238 g/mol. The van der Waals surface area contributed by atoms with Crippen molar-refractivity contribution in [3.05, 3.63) is 0 Å². The van der Waals surface area contributed by atoms with Crippen molar-refractivity contribution in [2.45, 2.75) is 62.9 Å². The van der Waals surface area contributed by atoms with E-state index in [1.807, 2.05) is 0 Å². The van der Waals surface area contributed by atoms with Crippen LogP contribution in [0, 0.1) is 5.41 Å². The first-order valence-electron chi connectivity index (χ1n) is 6.56. The van der Waals surface area contributed by atoms with Crippen LogP contribution < -0.4 is 16.4 Å². The van der Waals surface area contributed by atoms with E-state index in [2.05, 4.69) is 10.6 Å². The Kier molecular flexibility index (Phi) is 3.54. The number of carbonyl (C=O) groups is 1. The highest BCUT2D eigenvalue weighted by molar-refractivity contribution is 5.91. The van der Waals surface area contributed by atoms with Gasteiger partial charge in [0.15, 0.2) is 0 Å². The Morgan fingerprint density at radius 2 is 1.82 bits per heavy atom. The van der Waals surface area contributed by atoms with Crippen LogP contribution in [0.4, 0.5) is 4.79 Å². The highest BCUT2D eigenvalue weighted by atomic mass is 16.2. The third kappa shape index (κ3) is 2.70. The fourth-order valence-corrected chi connectivity index (χ4v) is 2.61. The van der Waals surface area contributed by atoms with Gasteiger partial charge in [0, 0.05) is 6.04 Å². The fourth-order valence-electron chi connectivity index (χ4n) is 2.61. The fraction of sp³-hybridized carbons (Fsp3) is 0.833. The molecule has 0 radical (unpaired) electrons. The van der Waals surface area contributed by atoms with Gasteiger partial charge in [-0.25, -0.2) is 4.79 Å². The molecule has 2 saturated carbocycles. The van der Waals surface area contributed by atoms with Crippen molar-refractivity contribution < 1.29 is 4.79 Å². The molecule has 0 saturated heterocycles. The highest BCUT2D eigenvalue weighted by Crippen LogP contribution is 2.28. The molecule has 0 spiro atoms. The quantitative estimate of drug-likeness (QED) is 0.443. The molecule has 0 atom stereocenters. The number of nitrogens with two attached hydrogens (primary N) is 1. The van der Waals surface area contributed by atoms with E-state index in [0.29, 0.717) is 6.04 Å². The monoisotopic (exact) mass is 238 g/mol. The Hall–Kier alpha value is -1.26. The topological polar surface area (TPSA) is 91.0 Å². The van der Waals surface area contributed by atoms with Crippen LogP contribution in [0.1, 0.15) is 51.4 Å². The molecule has 2 fully saturated rings. The molecule has 2 aliphatic carbocycles. The molecule has 0 unspecified atom stereocenters. The number of hydrogen-bond donors (Lipinski definition) is 4. The SMILES string of the molecule is N=C(N)C1(NC(=O)NC2CCC2)CCCCC1. The first kappa shape index (κ1) is 12.2. The molecule has 5 heteroatoms. The maximum absolute atomic E-state index is 11.8. The zero-order valence-electron chi connectivity index (χ0n) is 10.2. The Bertz CT molecular complexity index is 306. The summed E-state index contributed by atoms with van der Waals surface area (Å²) < 4.78 is 0. The molecular formula is C12H22N4O. The molecule has 0 heterocycles. The number of nitrogens with one attached hydrogen (secondary N) is 3. The lowest BCUT2D eigenvalue weighted by Crippen LogP contribution is -2.61. The molecule has 0 aromatic rings. The summed E-state index contributed by atoms with van der Waals surface area (Å²) in [6.07, 6.45) is 8.15. The van der Waals surface area contributed by atoms with Crippen LogP contribution >= 0.6 is 0 Å². The number of amidine groups is 1. The van der Waals surface area contributed by atoms with Gasteiger partial charge in [-0.1, -0.05) is 19.3 Å². The zero-order valence-corrected chi connectivity index (χ0v) is 10.2. The molecule has 17 heavy (non-hydrogen) atoms. The zero-order chi connectivity index (χ0) is 12.3. The van der Waals surface area contributed by atoms with E-state index in [0.717, 1.165) is 38.5 Å². The van der Waals surface area contributed by atoms with Gasteiger partial charge in [0.1, 0.15) is 5.84 Å². The van der Waals surface area contributed by atoms with E-state index in [1.165, 1.54) is 12.8 Å². The number of urea groups is 1. The van der Waals surface area contributed by atoms with E-state index >= 15 is 0 Å². The van der Waals surface area contributed by atoms with Gasteiger partial charge in [-0.15, -0.1) is 0 Å². The molecule has 5 N–H and O–H groups in total.